The monoisotopic (exact) mass is 322 g/mol. The Kier molecular flexibility index (Phi) is 5.31. The second-order valence-corrected chi connectivity index (χ2v) is 6.20. The molecule has 2 heterocycles. The van der Waals surface area contributed by atoms with Gasteiger partial charge in [0.2, 0.25) is 5.91 Å². The largest absolute Gasteiger partial charge is 0.361 e. The molecule has 2 aromatic heterocycles. The molecule has 0 bridgehead atoms. The number of anilines is 1. The lowest BCUT2D eigenvalue weighted by atomic mass is 10.2. The summed E-state index contributed by atoms with van der Waals surface area (Å²) in [5, 5.41) is 6.74. The van der Waals surface area contributed by atoms with Crippen LogP contribution in [0.5, 0.6) is 0 Å². The molecule has 120 valence electrons. The maximum atomic E-state index is 11.6. The van der Waals surface area contributed by atoms with E-state index in [2.05, 4.69) is 15.0 Å². The van der Waals surface area contributed by atoms with Gasteiger partial charge in [0.15, 0.2) is 5.13 Å². The van der Waals surface area contributed by atoms with E-state index in [1.165, 1.54) is 11.3 Å². The quantitative estimate of drug-likeness (QED) is 0.818. The number of aryl methyl sites for hydroxylation is 2. The summed E-state index contributed by atoms with van der Waals surface area (Å²) in [5.41, 5.74) is 3.02. The summed E-state index contributed by atoms with van der Waals surface area (Å²) in [4.78, 5) is 20.0. The van der Waals surface area contributed by atoms with Gasteiger partial charge in [-0.1, -0.05) is 5.16 Å². The van der Waals surface area contributed by atoms with Crippen LogP contribution < -0.4 is 4.90 Å². The number of aromatic nitrogens is 2. The number of hydrogen-bond donors (Lipinski definition) is 0. The lowest BCUT2D eigenvalue weighted by Crippen LogP contribution is -2.27. The van der Waals surface area contributed by atoms with Crippen molar-refractivity contribution in [3.05, 3.63) is 28.1 Å². The molecule has 0 aliphatic carbocycles. The molecule has 0 unspecified atom stereocenters. The highest BCUT2D eigenvalue weighted by atomic mass is 32.1. The third-order valence-electron chi connectivity index (χ3n) is 3.51. The SMILES string of the molecule is CCN(C(C)=O)c1nc(CN(C)Cc2c(C)noc2C)cs1. The number of carbonyl (C=O) groups is 1. The summed E-state index contributed by atoms with van der Waals surface area (Å²) >= 11 is 1.50. The van der Waals surface area contributed by atoms with Crippen LogP contribution in [-0.4, -0.2) is 34.5 Å². The van der Waals surface area contributed by atoms with Gasteiger partial charge in [-0.05, 0) is 27.8 Å². The van der Waals surface area contributed by atoms with E-state index in [0.29, 0.717) is 6.54 Å². The van der Waals surface area contributed by atoms with Gasteiger partial charge < -0.3 is 4.52 Å². The Morgan fingerprint density at radius 3 is 2.64 bits per heavy atom. The molecule has 0 saturated carbocycles. The molecule has 7 heteroatoms. The van der Waals surface area contributed by atoms with Crippen LogP contribution >= 0.6 is 11.3 Å². The lowest BCUT2D eigenvalue weighted by Gasteiger charge is -2.16. The summed E-state index contributed by atoms with van der Waals surface area (Å²) in [7, 11) is 2.04. The van der Waals surface area contributed by atoms with Crippen LogP contribution in [0.15, 0.2) is 9.90 Å². The Labute approximate surface area is 134 Å². The molecule has 0 aliphatic heterocycles. The molecule has 0 N–H and O–H groups in total. The van der Waals surface area contributed by atoms with Crippen LogP contribution in [0.4, 0.5) is 5.13 Å². The summed E-state index contributed by atoms with van der Waals surface area (Å²) in [6.45, 7) is 9.51. The van der Waals surface area contributed by atoms with E-state index >= 15 is 0 Å². The zero-order valence-electron chi connectivity index (χ0n) is 13.7. The van der Waals surface area contributed by atoms with Crippen molar-refractivity contribution in [2.75, 3.05) is 18.5 Å². The van der Waals surface area contributed by atoms with Crippen molar-refractivity contribution in [1.82, 2.24) is 15.0 Å². The second kappa shape index (κ2) is 7.02. The van der Waals surface area contributed by atoms with Crippen LogP contribution in [0.2, 0.25) is 0 Å². The van der Waals surface area contributed by atoms with E-state index in [9.17, 15) is 4.79 Å². The van der Waals surface area contributed by atoms with Crippen LogP contribution in [-0.2, 0) is 17.9 Å². The van der Waals surface area contributed by atoms with Crippen molar-refractivity contribution >= 4 is 22.4 Å². The third-order valence-corrected chi connectivity index (χ3v) is 4.42. The molecule has 0 aliphatic rings. The highest BCUT2D eigenvalue weighted by Crippen LogP contribution is 2.22. The highest BCUT2D eigenvalue weighted by Gasteiger charge is 2.15. The lowest BCUT2D eigenvalue weighted by molar-refractivity contribution is -0.116. The predicted molar refractivity (Wildman–Crippen MR) is 87.0 cm³/mol. The predicted octanol–water partition coefficient (Wildman–Crippen LogP) is 2.75. The third kappa shape index (κ3) is 3.72. The Bertz CT molecular complexity index is 630. The minimum atomic E-state index is 0.0208. The average Bonchev–Trinajstić information content (AvgIpc) is 3.01. The molecule has 1 amide bonds. The molecule has 22 heavy (non-hydrogen) atoms. The fourth-order valence-corrected chi connectivity index (χ4v) is 3.24. The van der Waals surface area contributed by atoms with Gasteiger partial charge in [-0.2, -0.15) is 0 Å². The number of hydrogen-bond acceptors (Lipinski definition) is 6. The fourth-order valence-electron chi connectivity index (χ4n) is 2.32. The van der Waals surface area contributed by atoms with Gasteiger partial charge in [0.05, 0.1) is 11.4 Å². The molecule has 0 aromatic carbocycles. The van der Waals surface area contributed by atoms with Crippen molar-refractivity contribution in [1.29, 1.82) is 0 Å². The maximum Gasteiger partial charge on any atom is 0.225 e. The highest BCUT2D eigenvalue weighted by molar-refractivity contribution is 7.14. The van der Waals surface area contributed by atoms with Gasteiger partial charge in [0.25, 0.3) is 0 Å². The maximum absolute atomic E-state index is 11.6. The first kappa shape index (κ1) is 16.6. The normalized spacial score (nSPS) is 11.2. The summed E-state index contributed by atoms with van der Waals surface area (Å²) in [6.07, 6.45) is 0. The van der Waals surface area contributed by atoms with Gasteiger partial charge in [0.1, 0.15) is 5.76 Å². The van der Waals surface area contributed by atoms with E-state index in [4.69, 9.17) is 4.52 Å². The standard InChI is InChI=1S/C15H22N4O2S/c1-6-19(12(4)20)15-16-13(9-22-15)7-18(5)8-14-10(2)17-21-11(14)3/h9H,6-8H2,1-5H3. The molecule has 2 aromatic rings. The van der Waals surface area contributed by atoms with E-state index in [1.54, 1.807) is 11.8 Å². The first-order valence-electron chi connectivity index (χ1n) is 7.25. The van der Waals surface area contributed by atoms with Crippen LogP contribution in [0, 0.1) is 13.8 Å². The van der Waals surface area contributed by atoms with E-state index in [1.807, 2.05) is 33.2 Å². The van der Waals surface area contributed by atoms with E-state index in [-0.39, 0.29) is 5.91 Å². The van der Waals surface area contributed by atoms with Gasteiger partial charge in [-0.3, -0.25) is 14.6 Å². The van der Waals surface area contributed by atoms with Gasteiger partial charge in [-0.15, -0.1) is 11.3 Å². The zero-order chi connectivity index (χ0) is 16.3. The van der Waals surface area contributed by atoms with Crippen LogP contribution in [0.3, 0.4) is 0 Å². The molecular weight excluding hydrogens is 300 g/mol. The Morgan fingerprint density at radius 2 is 2.09 bits per heavy atom. The van der Waals surface area contributed by atoms with Crippen molar-refractivity contribution in [2.45, 2.75) is 40.8 Å². The van der Waals surface area contributed by atoms with Gasteiger partial charge >= 0.3 is 0 Å². The van der Waals surface area contributed by atoms with E-state index < -0.39 is 0 Å². The first-order chi connectivity index (χ1) is 10.4. The summed E-state index contributed by atoms with van der Waals surface area (Å²) in [6, 6.07) is 0. The average molecular weight is 322 g/mol. The number of amides is 1. The summed E-state index contributed by atoms with van der Waals surface area (Å²) < 4.78 is 5.19. The second-order valence-electron chi connectivity index (χ2n) is 5.36. The number of thiazole rings is 1. The first-order valence-corrected chi connectivity index (χ1v) is 8.13. The fraction of sp³-hybridized carbons (Fsp3) is 0.533. The minimum absolute atomic E-state index is 0.0208. The summed E-state index contributed by atoms with van der Waals surface area (Å²) in [5.74, 6) is 0.879. The van der Waals surface area contributed by atoms with Crippen LogP contribution in [0.1, 0.15) is 36.6 Å². The Balaban J connectivity index is 2.02. The zero-order valence-corrected chi connectivity index (χ0v) is 14.5. The molecular formula is C15H22N4O2S. The van der Waals surface area contributed by atoms with Crippen molar-refractivity contribution in [2.24, 2.45) is 0 Å². The molecule has 0 atom stereocenters. The Morgan fingerprint density at radius 1 is 1.36 bits per heavy atom. The molecule has 0 saturated heterocycles. The number of rotatable bonds is 6. The Hall–Kier alpha value is -1.73. The number of nitrogens with zero attached hydrogens (tertiary/aromatic N) is 4. The molecule has 2 rings (SSSR count). The smallest absolute Gasteiger partial charge is 0.225 e. The number of carbonyl (C=O) groups excluding carboxylic acids is 1. The topological polar surface area (TPSA) is 62.5 Å². The van der Waals surface area contributed by atoms with E-state index in [0.717, 1.165) is 40.9 Å². The minimum Gasteiger partial charge on any atom is -0.361 e. The van der Waals surface area contributed by atoms with Crippen molar-refractivity contribution < 1.29 is 9.32 Å². The molecule has 0 fully saturated rings. The molecule has 0 radical (unpaired) electrons. The molecule has 6 nitrogen and oxygen atoms in total. The van der Waals surface area contributed by atoms with Crippen molar-refractivity contribution in [3.63, 3.8) is 0 Å². The van der Waals surface area contributed by atoms with Gasteiger partial charge in [-0.25, -0.2) is 4.98 Å². The van der Waals surface area contributed by atoms with Crippen molar-refractivity contribution in [3.8, 4) is 0 Å². The van der Waals surface area contributed by atoms with Gasteiger partial charge in [0, 0.05) is 37.5 Å². The molecule has 0 spiro atoms. The van der Waals surface area contributed by atoms with Crippen LogP contribution in [0.25, 0.3) is 0 Å².